The van der Waals surface area contributed by atoms with Crippen molar-refractivity contribution in [3.05, 3.63) is 46.9 Å². The Bertz CT molecular complexity index is 950. The van der Waals surface area contributed by atoms with Crippen molar-refractivity contribution < 1.29 is 13.9 Å². The van der Waals surface area contributed by atoms with E-state index in [1.807, 2.05) is 17.9 Å². The summed E-state index contributed by atoms with van der Waals surface area (Å²) < 4.78 is 20.3. The van der Waals surface area contributed by atoms with Crippen LogP contribution in [0.2, 0.25) is 0 Å². The van der Waals surface area contributed by atoms with Gasteiger partial charge in [0.05, 0.1) is 11.9 Å². The van der Waals surface area contributed by atoms with Crippen molar-refractivity contribution >= 4 is 22.4 Å². The van der Waals surface area contributed by atoms with Crippen molar-refractivity contribution in [3.8, 4) is 17.0 Å². The van der Waals surface area contributed by atoms with E-state index in [9.17, 15) is 9.18 Å². The zero-order valence-corrected chi connectivity index (χ0v) is 14.3. The molecule has 25 heavy (non-hydrogen) atoms. The van der Waals surface area contributed by atoms with Crippen LogP contribution in [0.4, 0.5) is 9.52 Å². The van der Waals surface area contributed by atoms with Crippen molar-refractivity contribution in [2.45, 2.75) is 12.8 Å². The third kappa shape index (κ3) is 3.12. The number of hydrogen-bond donors (Lipinski definition) is 1. The van der Waals surface area contributed by atoms with Gasteiger partial charge in [0.25, 0.3) is 5.91 Å². The van der Waals surface area contributed by atoms with Crippen molar-refractivity contribution in [2.75, 3.05) is 11.9 Å². The first-order valence-corrected chi connectivity index (χ1v) is 8.61. The van der Waals surface area contributed by atoms with Crippen molar-refractivity contribution in [2.24, 2.45) is 7.05 Å². The van der Waals surface area contributed by atoms with Crippen LogP contribution in [0.3, 0.4) is 0 Å². The fourth-order valence-electron chi connectivity index (χ4n) is 2.84. The van der Waals surface area contributed by atoms with Gasteiger partial charge in [-0.1, -0.05) is 6.07 Å². The molecule has 0 bridgehead atoms. The van der Waals surface area contributed by atoms with Crippen LogP contribution < -0.4 is 10.1 Å². The van der Waals surface area contributed by atoms with Crippen molar-refractivity contribution in [1.29, 1.82) is 0 Å². The number of carbonyl (C=O) groups excluding carboxylic acids is 1. The van der Waals surface area contributed by atoms with Gasteiger partial charge in [-0.3, -0.25) is 14.8 Å². The fourth-order valence-corrected chi connectivity index (χ4v) is 3.83. The standard InChI is InChI=1S/C17H15FN4O2S/c1-22-13-5-6-14-16(12(13)8-19-22)21-17(25-14)20-15(23)9-24-11-4-2-3-10(18)7-11/h2-4,7-8H,5-6,9H2,1H3,(H,20,21,23). The zero-order valence-electron chi connectivity index (χ0n) is 13.5. The van der Waals surface area contributed by atoms with E-state index in [0.29, 0.717) is 10.9 Å². The number of aromatic nitrogens is 3. The molecule has 1 aliphatic rings. The smallest absolute Gasteiger partial charge is 0.264 e. The summed E-state index contributed by atoms with van der Waals surface area (Å²) in [5.41, 5.74) is 3.07. The number of anilines is 1. The Morgan fingerprint density at radius 2 is 2.32 bits per heavy atom. The molecular weight excluding hydrogens is 343 g/mol. The zero-order chi connectivity index (χ0) is 17.4. The highest BCUT2D eigenvalue weighted by atomic mass is 32.1. The van der Waals surface area contributed by atoms with Gasteiger partial charge in [0.1, 0.15) is 11.6 Å². The molecule has 0 saturated heterocycles. The molecule has 0 saturated carbocycles. The van der Waals surface area contributed by atoms with Crippen LogP contribution in [0.5, 0.6) is 5.75 Å². The van der Waals surface area contributed by atoms with Crippen LogP contribution in [0.15, 0.2) is 30.5 Å². The molecule has 2 aromatic heterocycles. The molecule has 1 aliphatic carbocycles. The highest BCUT2D eigenvalue weighted by molar-refractivity contribution is 7.16. The average Bonchev–Trinajstić information content (AvgIpc) is 3.16. The number of amides is 1. The number of nitrogens with one attached hydrogen (secondary N) is 1. The summed E-state index contributed by atoms with van der Waals surface area (Å²) in [6.07, 6.45) is 3.61. The van der Waals surface area contributed by atoms with E-state index in [1.165, 1.54) is 29.5 Å². The number of benzene rings is 1. The molecule has 1 amide bonds. The van der Waals surface area contributed by atoms with E-state index in [1.54, 1.807) is 6.07 Å². The van der Waals surface area contributed by atoms with E-state index in [2.05, 4.69) is 15.4 Å². The molecule has 6 nitrogen and oxygen atoms in total. The Balaban J connectivity index is 1.44. The van der Waals surface area contributed by atoms with Gasteiger partial charge >= 0.3 is 0 Å². The molecule has 0 aliphatic heterocycles. The molecule has 2 heterocycles. The minimum absolute atomic E-state index is 0.203. The Labute approximate surface area is 147 Å². The topological polar surface area (TPSA) is 69.0 Å². The molecular formula is C17H15FN4O2S. The van der Waals surface area contributed by atoms with Gasteiger partial charge < -0.3 is 4.74 Å². The minimum atomic E-state index is -0.405. The van der Waals surface area contributed by atoms with Gasteiger partial charge in [0, 0.05) is 29.2 Å². The van der Waals surface area contributed by atoms with Gasteiger partial charge in [-0.05, 0) is 25.0 Å². The SMILES string of the molecule is Cn1ncc2c1CCc1sc(NC(=O)COc3cccc(F)c3)nc1-2. The van der Waals surface area contributed by atoms with Gasteiger partial charge in [-0.2, -0.15) is 5.10 Å². The molecule has 0 spiro atoms. The molecule has 0 atom stereocenters. The molecule has 0 radical (unpaired) electrons. The molecule has 4 rings (SSSR count). The molecule has 8 heteroatoms. The maximum atomic E-state index is 13.1. The first-order valence-electron chi connectivity index (χ1n) is 7.79. The number of carbonyl (C=O) groups is 1. The summed E-state index contributed by atoms with van der Waals surface area (Å²) in [5, 5.41) is 7.56. The van der Waals surface area contributed by atoms with Crippen LogP contribution in [0.25, 0.3) is 11.3 Å². The summed E-state index contributed by atoms with van der Waals surface area (Å²) in [6, 6.07) is 5.68. The van der Waals surface area contributed by atoms with E-state index in [-0.39, 0.29) is 12.5 Å². The summed E-state index contributed by atoms with van der Waals surface area (Å²) in [5.74, 6) is -0.423. The summed E-state index contributed by atoms with van der Waals surface area (Å²) in [7, 11) is 1.92. The number of hydrogen-bond acceptors (Lipinski definition) is 5. The first kappa shape index (κ1) is 15.8. The fraction of sp³-hybridized carbons (Fsp3) is 0.235. The quantitative estimate of drug-likeness (QED) is 0.779. The largest absolute Gasteiger partial charge is 0.484 e. The average molecular weight is 358 g/mol. The van der Waals surface area contributed by atoms with Gasteiger partial charge in [0.15, 0.2) is 11.7 Å². The number of ether oxygens (including phenoxy) is 1. The summed E-state index contributed by atoms with van der Waals surface area (Å²) >= 11 is 1.46. The first-order chi connectivity index (χ1) is 12.1. The lowest BCUT2D eigenvalue weighted by Gasteiger charge is -2.10. The molecule has 3 aromatic rings. The van der Waals surface area contributed by atoms with Crippen LogP contribution in [-0.4, -0.2) is 27.3 Å². The summed E-state index contributed by atoms with van der Waals surface area (Å²) in [4.78, 5) is 17.7. The Kier molecular flexibility index (Phi) is 3.96. The van der Waals surface area contributed by atoms with Gasteiger partial charge in [-0.25, -0.2) is 9.37 Å². The third-order valence-corrected chi connectivity index (χ3v) is 5.05. The van der Waals surface area contributed by atoms with Crippen LogP contribution in [-0.2, 0) is 24.7 Å². The van der Waals surface area contributed by atoms with Crippen LogP contribution >= 0.6 is 11.3 Å². The molecule has 1 aromatic carbocycles. The monoisotopic (exact) mass is 358 g/mol. The number of halogens is 1. The second kappa shape index (κ2) is 6.29. The van der Waals surface area contributed by atoms with Crippen molar-refractivity contribution in [3.63, 3.8) is 0 Å². The van der Waals surface area contributed by atoms with Crippen LogP contribution in [0, 0.1) is 5.82 Å². The Morgan fingerprint density at radius 3 is 3.16 bits per heavy atom. The lowest BCUT2D eigenvalue weighted by molar-refractivity contribution is -0.118. The number of fused-ring (bicyclic) bond motifs is 3. The highest BCUT2D eigenvalue weighted by Crippen LogP contribution is 2.37. The van der Waals surface area contributed by atoms with Crippen LogP contribution in [0.1, 0.15) is 10.6 Å². The maximum absolute atomic E-state index is 13.1. The number of nitrogens with zero attached hydrogens (tertiary/aromatic N) is 3. The Morgan fingerprint density at radius 1 is 1.44 bits per heavy atom. The molecule has 0 unspecified atom stereocenters. The lowest BCUT2D eigenvalue weighted by atomic mass is 10.0. The predicted molar refractivity (Wildman–Crippen MR) is 92.2 cm³/mol. The normalized spacial score (nSPS) is 12.4. The number of aryl methyl sites for hydroxylation is 2. The molecule has 1 N–H and O–H groups in total. The number of thiazole rings is 1. The van der Waals surface area contributed by atoms with Gasteiger partial charge in [0.2, 0.25) is 0 Å². The van der Waals surface area contributed by atoms with E-state index >= 15 is 0 Å². The second-order valence-electron chi connectivity index (χ2n) is 5.71. The third-order valence-electron chi connectivity index (χ3n) is 4.02. The van der Waals surface area contributed by atoms with E-state index < -0.39 is 5.82 Å². The van der Waals surface area contributed by atoms with E-state index in [4.69, 9.17) is 4.74 Å². The maximum Gasteiger partial charge on any atom is 0.264 e. The van der Waals surface area contributed by atoms with Crippen molar-refractivity contribution in [1.82, 2.24) is 14.8 Å². The minimum Gasteiger partial charge on any atom is -0.484 e. The molecule has 0 fully saturated rings. The number of rotatable bonds is 4. The lowest BCUT2D eigenvalue weighted by Crippen LogP contribution is -2.20. The van der Waals surface area contributed by atoms with E-state index in [0.717, 1.165) is 34.7 Å². The molecule has 128 valence electrons. The van der Waals surface area contributed by atoms with Gasteiger partial charge in [-0.15, -0.1) is 11.3 Å². The highest BCUT2D eigenvalue weighted by Gasteiger charge is 2.24. The summed E-state index contributed by atoms with van der Waals surface area (Å²) in [6.45, 7) is -0.203. The predicted octanol–water partition coefficient (Wildman–Crippen LogP) is 2.80. The second-order valence-corrected chi connectivity index (χ2v) is 6.80. The Hall–Kier alpha value is -2.74.